The van der Waals surface area contributed by atoms with Gasteiger partial charge in [0.25, 0.3) is 0 Å². The van der Waals surface area contributed by atoms with Gasteiger partial charge in [0, 0.05) is 101 Å². The van der Waals surface area contributed by atoms with Crippen LogP contribution in [0.25, 0.3) is 223 Å². The third-order valence-corrected chi connectivity index (χ3v) is 21.2. The molecule has 0 unspecified atom stereocenters. The van der Waals surface area contributed by atoms with Gasteiger partial charge in [-0.05, 0) is 123 Å². The first-order chi connectivity index (χ1) is 57.4. The Hall–Kier alpha value is -16.1. The SMILES string of the molecule is c1ccc(-c2nc(-c3ccccc3)nc(-c3ccc4ccc(-c5ccc6ccc(-c7ccc(-c8cc9cccnc9c9ncccc89)cc7)nc6c5)cc4n3)n2)cc1.c1ccc(-c2nc(-c3ccccc3)nc(-c3ccc4ccc(-c5ccc6ccc(-c7ccc(-c8ccnc9c8ccc8cccnc89)cc7)nc6c5)cc4n3)n2)cc1. The van der Waals surface area contributed by atoms with E-state index in [0.29, 0.717) is 46.3 Å². The molecule has 0 aliphatic rings. The van der Waals surface area contributed by atoms with Gasteiger partial charge in [-0.2, -0.15) is 0 Å². The number of hydrogen-bond acceptors (Lipinski definition) is 14. The lowest BCUT2D eigenvalue weighted by Crippen LogP contribution is -2.01. The Labute approximate surface area is 665 Å². The summed E-state index contributed by atoms with van der Waals surface area (Å²) < 4.78 is 0. The van der Waals surface area contributed by atoms with Crippen LogP contribution in [0.5, 0.6) is 0 Å². The van der Waals surface area contributed by atoms with Gasteiger partial charge in [0.05, 0.1) is 55.5 Å². The van der Waals surface area contributed by atoms with E-state index in [4.69, 9.17) is 59.8 Å². The molecule has 0 amide bonds. The van der Waals surface area contributed by atoms with Gasteiger partial charge in [0.1, 0.15) is 11.4 Å². The maximum Gasteiger partial charge on any atom is 0.182 e. The van der Waals surface area contributed by atoms with Crippen LogP contribution in [0.2, 0.25) is 0 Å². The van der Waals surface area contributed by atoms with E-state index in [-0.39, 0.29) is 0 Å². The molecule has 540 valence electrons. The third kappa shape index (κ3) is 13.2. The number of hydrogen-bond donors (Lipinski definition) is 0. The average Bonchev–Trinajstić information content (AvgIpc) is 0.775. The minimum atomic E-state index is 0.524. The largest absolute Gasteiger partial charge is 0.254 e. The van der Waals surface area contributed by atoms with Crippen LogP contribution in [0.4, 0.5) is 0 Å². The molecule has 0 bridgehead atoms. The number of aromatic nitrogens is 14. The van der Waals surface area contributed by atoms with Gasteiger partial charge in [-0.25, -0.2) is 49.8 Å². The fourth-order valence-electron chi connectivity index (χ4n) is 15.3. The second-order valence-corrected chi connectivity index (χ2v) is 28.4. The van der Waals surface area contributed by atoms with Gasteiger partial charge < -0.3 is 0 Å². The quantitative estimate of drug-likeness (QED) is 0.105. The van der Waals surface area contributed by atoms with Crippen LogP contribution in [0, 0.1) is 0 Å². The lowest BCUT2D eigenvalue weighted by molar-refractivity contribution is 1.06. The Morgan fingerprint density at radius 1 is 0.147 bits per heavy atom. The van der Waals surface area contributed by atoms with E-state index < -0.39 is 0 Å². The van der Waals surface area contributed by atoms with Crippen molar-refractivity contribution in [1.82, 2.24) is 69.8 Å². The van der Waals surface area contributed by atoms with Gasteiger partial charge in [-0.15, -0.1) is 0 Å². The molecule has 22 aromatic rings. The Bertz CT molecular complexity index is 7430. The molecule has 0 radical (unpaired) electrons. The summed E-state index contributed by atoms with van der Waals surface area (Å²) in [5.41, 5.74) is 24.9. The molecule has 0 aliphatic heterocycles. The minimum Gasteiger partial charge on any atom is -0.254 e. The summed E-state index contributed by atoms with van der Waals surface area (Å²) in [6.07, 6.45) is 7.34. The fraction of sp³-hybridized carbons (Fsp3) is 0. The Morgan fingerprint density at radius 2 is 0.448 bits per heavy atom. The molecule has 12 aromatic carbocycles. The standard InChI is InChI=1S/2C51H31N7/c1-3-9-36(10-4-1)49-56-50(37-11-5-2-6-12-37)58-51(57-49)44-26-24-35-20-22-39(31-46(35)55-44)38-21-19-34-23-25-43(54-45(34)30-38)33-17-15-32(16-18-33)42-29-40-13-7-27-52-47(40)48-41(42)14-8-28-53-48;1-3-8-37(9-4-1)49-56-50(38-10-5-2-6-11-38)58-51(57-49)44-26-23-35-18-20-40(31-46(35)55-44)39-19-17-34-22-25-43(54-45(34)30-39)33-15-13-32(14-16-33)41-27-29-53-48-42(41)24-21-36-12-7-28-52-47(36)48/h2*1-31H. The van der Waals surface area contributed by atoms with E-state index in [1.54, 1.807) is 0 Å². The van der Waals surface area contributed by atoms with Crippen LogP contribution in [0.15, 0.2) is 377 Å². The van der Waals surface area contributed by atoms with Gasteiger partial charge in [-0.1, -0.05) is 273 Å². The van der Waals surface area contributed by atoms with E-state index in [9.17, 15) is 0 Å². The average molecular weight is 1480 g/mol. The Kier molecular flexibility index (Phi) is 17.2. The molecule has 0 aliphatic carbocycles. The first-order valence-electron chi connectivity index (χ1n) is 38.3. The van der Waals surface area contributed by atoms with Crippen LogP contribution in [-0.2, 0) is 0 Å². The highest BCUT2D eigenvalue weighted by Crippen LogP contribution is 2.39. The molecule has 116 heavy (non-hydrogen) atoms. The van der Waals surface area contributed by atoms with Gasteiger partial charge in [-0.3, -0.25) is 19.9 Å². The molecule has 0 fully saturated rings. The van der Waals surface area contributed by atoms with Crippen LogP contribution < -0.4 is 0 Å². The van der Waals surface area contributed by atoms with Crippen molar-refractivity contribution in [2.75, 3.05) is 0 Å². The van der Waals surface area contributed by atoms with E-state index in [1.807, 2.05) is 176 Å². The molecule has 0 atom stereocenters. The summed E-state index contributed by atoms with van der Waals surface area (Å²) in [6.45, 7) is 0. The van der Waals surface area contributed by atoms with Crippen molar-refractivity contribution < 1.29 is 0 Å². The maximum absolute atomic E-state index is 5.15. The van der Waals surface area contributed by atoms with Crippen LogP contribution in [0.1, 0.15) is 0 Å². The highest BCUT2D eigenvalue weighted by atomic mass is 15.1. The summed E-state index contributed by atoms with van der Waals surface area (Å²) in [5.74, 6) is 3.47. The molecule has 14 nitrogen and oxygen atoms in total. The third-order valence-electron chi connectivity index (χ3n) is 21.2. The van der Waals surface area contributed by atoms with Crippen molar-refractivity contribution >= 4 is 87.2 Å². The van der Waals surface area contributed by atoms with Crippen molar-refractivity contribution in [1.29, 1.82) is 0 Å². The molecule has 22 rings (SSSR count). The van der Waals surface area contributed by atoms with Crippen LogP contribution in [-0.4, -0.2) is 69.8 Å². The lowest BCUT2D eigenvalue weighted by atomic mass is 9.96. The highest BCUT2D eigenvalue weighted by Gasteiger charge is 2.19. The number of pyridine rings is 8. The molecule has 14 heteroatoms. The Morgan fingerprint density at radius 3 is 0.871 bits per heavy atom. The van der Waals surface area contributed by atoms with E-state index >= 15 is 0 Å². The lowest BCUT2D eigenvalue weighted by Gasteiger charge is -2.11. The molecule has 10 aromatic heterocycles. The van der Waals surface area contributed by atoms with Crippen molar-refractivity contribution in [2.45, 2.75) is 0 Å². The van der Waals surface area contributed by atoms with Crippen molar-refractivity contribution in [3.05, 3.63) is 377 Å². The smallest absolute Gasteiger partial charge is 0.182 e. The van der Waals surface area contributed by atoms with Crippen LogP contribution >= 0.6 is 0 Å². The molecular formula is C102H62N14. The van der Waals surface area contributed by atoms with Crippen molar-refractivity contribution in [3.63, 3.8) is 0 Å². The van der Waals surface area contributed by atoms with Gasteiger partial charge >= 0.3 is 0 Å². The normalized spacial score (nSPS) is 11.4. The fourth-order valence-corrected chi connectivity index (χ4v) is 15.3. The molecule has 0 saturated heterocycles. The second kappa shape index (κ2) is 29.3. The molecule has 0 spiro atoms. The molecule has 0 N–H and O–H groups in total. The number of rotatable bonds is 12. The summed E-state index contributed by atoms with van der Waals surface area (Å²) in [7, 11) is 0. The maximum atomic E-state index is 5.15. The van der Waals surface area contributed by atoms with E-state index in [1.165, 1.54) is 0 Å². The summed E-state index contributed by atoms with van der Waals surface area (Å²) in [5, 5.41) is 8.53. The van der Waals surface area contributed by atoms with Crippen molar-refractivity contribution in [2.24, 2.45) is 0 Å². The molecule has 10 heterocycles. The zero-order valence-electron chi connectivity index (χ0n) is 62.1. The van der Waals surface area contributed by atoms with Crippen molar-refractivity contribution in [3.8, 4) is 136 Å². The predicted octanol–water partition coefficient (Wildman–Crippen LogP) is 24.1. The first-order valence-corrected chi connectivity index (χ1v) is 38.3. The highest BCUT2D eigenvalue weighted by molar-refractivity contribution is 6.11. The number of fused-ring (bicyclic) bond motifs is 10. The van der Waals surface area contributed by atoms with E-state index in [0.717, 1.165) is 176 Å². The monoisotopic (exact) mass is 1480 g/mol. The summed E-state index contributed by atoms with van der Waals surface area (Å²) in [4.78, 5) is 68.4. The summed E-state index contributed by atoms with van der Waals surface area (Å²) in [6, 6.07) is 120. The molecular weight excluding hydrogens is 1420 g/mol. The zero-order valence-corrected chi connectivity index (χ0v) is 62.1. The number of benzene rings is 12. The Balaban J connectivity index is 0.000000145. The predicted molar refractivity (Wildman–Crippen MR) is 467 cm³/mol. The van der Waals surface area contributed by atoms with Gasteiger partial charge in [0.2, 0.25) is 0 Å². The van der Waals surface area contributed by atoms with E-state index in [2.05, 4.69) is 210 Å². The molecule has 0 saturated carbocycles. The topological polar surface area (TPSA) is 180 Å². The second-order valence-electron chi connectivity index (χ2n) is 28.4. The zero-order chi connectivity index (χ0) is 76.8. The van der Waals surface area contributed by atoms with Crippen LogP contribution in [0.3, 0.4) is 0 Å². The summed E-state index contributed by atoms with van der Waals surface area (Å²) >= 11 is 0. The number of nitrogens with zero attached hydrogens (tertiary/aromatic N) is 14. The minimum absolute atomic E-state index is 0.524. The van der Waals surface area contributed by atoms with Gasteiger partial charge in [0.15, 0.2) is 34.9 Å². The first kappa shape index (κ1) is 68.0.